The minimum absolute atomic E-state index is 0.0618. The number of nitrogens with one attached hydrogen (secondary N) is 1. The molecule has 1 aliphatic rings. The first-order chi connectivity index (χ1) is 10.0. The van der Waals surface area contributed by atoms with Gasteiger partial charge in [0, 0.05) is 17.3 Å². The maximum atomic E-state index is 12.4. The van der Waals surface area contributed by atoms with Crippen molar-refractivity contribution < 1.29 is 10.0 Å². The molecule has 1 saturated heterocycles. The molecule has 0 aromatic heterocycles. The fourth-order valence-corrected chi connectivity index (χ4v) is 2.60. The molecule has 6 nitrogen and oxygen atoms in total. The number of oxime groups is 1. The quantitative estimate of drug-likeness (QED) is 0.339. The summed E-state index contributed by atoms with van der Waals surface area (Å²) in [7, 11) is 0. The molecule has 7 heteroatoms. The number of urea groups is 1. The van der Waals surface area contributed by atoms with Crippen LogP contribution in [0.15, 0.2) is 23.4 Å². The molecule has 1 aliphatic heterocycles. The van der Waals surface area contributed by atoms with E-state index in [1.807, 2.05) is 13.0 Å². The van der Waals surface area contributed by atoms with Crippen LogP contribution < -0.4 is 11.1 Å². The number of anilines is 1. The van der Waals surface area contributed by atoms with Gasteiger partial charge in [0.1, 0.15) is 0 Å². The van der Waals surface area contributed by atoms with E-state index in [0.29, 0.717) is 23.7 Å². The van der Waals surface area contributed by atoms with Crippen LogP contribution in [0.1, 0.15) is 24.8 Å². The van der Waals surface area contributed by atoms with E-state index >= 15 is 0 Å². The van der Waals surface area contributed by atoms with Crippen LogP contribution in [-0.2, 0) is 0 Å². The SMILES string of the molecule is Cc1ccc(NC(=O)N2CCCCC2C(N)=NO)cc1Cl. The zero-order chi connectivity index (χ0) is 15.4. The van der Waals surface area contributed by atoms with E-state index in [0.717, 1.165) is 18.4 Å². The highest BCUT2D eigenvalue weighted by atomic mass is 35.5. The molecule has 114 valence electrons. The molecule has 1 aromatic rings. The van der Waals surface area contributed by atoms with Crippen molar-refractivity contribution >= 4 is 29.2 Å². The minimum atomic E-state index is -0.371. The van der Waals surface area contributed by atoms with Crippen molar-refractivity contribution in [3.8, 4) is 0 Å². The molecule has 2 rings (SSSR count). The third kappa shape index (κ3) is 3.58. The average Bonchev–Trinajstić information content (AvgIpc) is 2.50. The number of nitrogens with zero attached hydrogens (tertiary/aromatic N) is 2. The number of benzene rings is 1. The predicted molar refractivity (Wildman–Crippen MR) is 83.0 cm³/mol. The molecule has 0 saturated carbocycles. The summed E-state index contributed by atoms with van der Waals surface area (Å²) in [4.78, 5) is 14.0. The Morgan fingerprint density at radius 3 is 2.95 bits per heavy atom. The van der Waals surface area contributed by atoms with Crippen LogP contribution in [0.5, 0.6) is 0 Å². The van der Waals surface area contributed by atoms with E-state index in [2.05, 4.69) is 10.5 Å². The molecule has 21 heavy (non-hydrogen) atoms. The smallest absolute Gasteiger partial charge is 0.322 e. The normalized spacial score (nSPS) is 19.4. The van der Waals surface area contributed by atoms with Crippen molar-refractivity contribution in [3.05, 3.63) is 28.8 Å². The van der Waals surface area contributed by atoms with Gasteiger partial charge < -0.3 is 21.2 Å². The van der Waals surface area contributed by atoms with Gasteiger partial charge in [-0.15, -0.1) is 0 Å². The van der Waals surface area contributed by atoms with Crippen molar-refractivity contribution in [1.29, 1.82) is 0 Å². The van der Waals surface area contributed by atoms with Crippen LogP contribution in [0.4, 0.5) is 10.5 Å². The molecular weight excluding hydrogens is 292 g/mol. The number of piperidine rings is 1. The first kappa shape index (κ1) is 15.4. The predicted octanol–water partition coefficient (Wildman–Crippen LogP) is 2.78. The summed E-state index contributed by atoms with van der Waals surface area (Å²) >= 11 is 6.05. The second-order valence-corrected chi connectivity index (χ2v) is 5.53. The summed E-state index contributed by atoms with van der Waals surface area (Å²) in [5.41, 5.74) is 7.24. The van der Waals surface area contributed by atoms with E-state index in [-0.39, 0.29) is 17.9 Å². The lowest BCUT2D eigenvalue weighted by Crippen LogP contribution is -2.52. The zero-order valence-electron chi connectivity index (χ0n) is 11.8. The maximum absolute atomic E-state index is 12.4. The Bertz CT molecular complexity index is 562. The number of amides is 2. The summed E-state index contributed by atoms with van der Waals surface area (Å²) in [5, 5.41) is 15.3. The van der Waals surface area contributed by atoms with Gasteiger partial charge in [0.25, 0.3) is 0 Å². The highest BCUT2D eigenvalue weighted by molar-refractivity contribution is 6.31. The van der Waals surface area contributed by atoms with Crippen LogP contribution in [-0.4, -0.2) is 34.6 Å². The van der Waals surface area contributed by atoms with Gasteiger partial charge in [0.05, 0.1) is 6.04 Å². The van der Waals surface area contributed by atoms with Crippen LogP contribution in [0, 0.1) is 6.92 Å². The summed E-state index contributed by atoms with van der Waals surface area (Å²) < 4.78 is 0. The van der Waals surface area contributed by atoms with Crippen LogP contribution in [0.2, 0.25) is 5.02 Å². The van der Waals surface area contributed by atoms with Gasteiger partial charge in [-0.25, -0.2) is 4.79 Å². The lowest BCUT2D eigenvalue weighted by atomic mass is 10.0. The second-order valence-electron chi connectivity index (χ2n) is 5.12. The Hall–Kier alpha value is -1.95. The fourth-order valence-electron chi connectivity index (χ4n) is 2.41. The van der Waals surface area contributed by atoms with Gasteiger partial charge in [-0.2, -0.15) is 0 Å². The number of aryl methyl sites for hydroxylation is 1. The lowest BCUT2D eigenvalue weighted by Gasteiger charge is -2.34. The maximum Gasteiger partial charge on any atom is 0.322 e. The van der Waals surface area contributed by atoms with Crippen LogP contribution in [0.25, 0.3) is 0 Å². The van der Waals surface area contributed by atoms with Gasteiger partial charge in [-0.3, -0.25) is 0 Å². The Balaban J connectivity index is 2.12. The van der Waals surface area contributed by atoms with E-state index in [4.69, 9.17) is 22.5 Å². The molecule has 1 aromatic carbocycles. The molecule has 0 aliphatic carbocycles. The molecule has 4 N–H and O–H groups in total. The Kier molecular flexibility index (Phi) is 4.90. The van der Waals surface area contributed by atoms with Gasteiger partial charge in [-0.1, -0.05) is 22.8 Å². The van der Waals surface area contributed by atoms with Crippen molar-refractivity contribution in [3.63, 3.8) is 0 Å². The largest absolute Gasteiger partial charge is 0.409 e. The fraction of sp³-hybridized carbons (Fsp3) is 0.429. The molecular formula is C14H19ClN4O2. The van der Waals surface area contributed by atoms with Crippen molar-refractivity contribution in [2.75, 3.05) is 11.9 Å². The summed E-state index contributed by atoms with van der Waals surface area (Å²) in [5.74, 6) is 0.0618. The van der Waals surface area contributed by atoms with Crippen molar-refractivity contribution in [1.82, 2.24) is 4.90 Å². The summed E-state index contributed by atoms with van der Waals surface area (Å²) in [6.07, 6.45) is 2.54. The van der Waals surface area contributed by atoms with E-state index in [1.54, 1.807) is 17.0 Å². The summed E-state index contributed by atoms with van der Waals surface area (Å²) in [6.45, 7) is 2.47. The van der Waals surface area contributed by atoms with Crippen LogP contribution in [0.3, 0.4) is 0 Å². The van der Waals surface area contributed by atoms with E-state index < -0.39 is 0 Å². The molecule has 0 bridgehead atoms. The number of carbonyl (C=O) groups excluding carboxylic acids is 1. The monoisotopic (exact) mass is 310 g/mol. The first-order valence-corrected chi connectivity index (χ1v) is 7.22. The third-order valence-corrected chi connectivity index (χ3v) is 4.05. The highest BCUT2D eigenvalue weighted by Gasteiger charge is 2.29. The number of halogens is 1. The number of hydrogen-bond donors (Lipinski definition) is 3. The molecule has 0 radical (unpaired) electrons. The number of amidine groups is 1. The molecule has 1 unspecified atom stereocenters. The molecule has 1 fully saturated rings. The number of nitrogens with two attached hydrogens (primary N) is 1. The van der Waals surface area contributed by atoms with Crippen LogP contribution >= 0.6 is 11.6 Å². The molecule has 2 amide bonds. The highest BCUT2D eigenvalue weighted by Crippen LogP contribution is 2.22. The Morgan fingerprint density at radius 1 is 1.52 bits per heavy atom. The second kappa shape index (κ2) is 6.67. The van der Waals surface area contributed by atoms with Gasteiger partial charge in [0.15, 0.2) is 5.84 Å². The number of rotatable bonds is 2. The minimum Gasteiger partial charge on any atom is -0.409 e. The average molecular weight is 311 g/mol. The first-order valence-electron chi connectivity index (χ1n) is 6.84. The van der Waals surface area contributed by atoms with E-state index in [1.165, 1.54) is 0 Å². The van der Waals surface area contributed by atoms with Gasteiger partial charge >= 0.3 is 6.03 Å². The van der Waals surface area contributed by atoms with Gasteiger partial charge in [-0.05, 0) is 43.9 Å². The standard InChI is InChI=1S/C14H19ClN4O2/c1-9-5-6-10(8-11(9)15)17-14(20)19-7-3-2-4-12(19)13(16)18-21/h5-6,8,12,21H,2-4,7H2,1H3,(H2,16,18)(H,17,20). The number of carbonyl (C=O) groups is 1. The van der Waals surface area contributed by atoms with E-state index in [9.17, 15) is 4.79 Å². The lowest BCUT2D eigenvalue weighted by molar-refractivity contribution is 0.183. The third-order valence-electron chi connectivity index (χ3n) is 3.64. The van der Waals surface area contributed by atoms with Crippen molar-refractivity contribution in [2.45, 2.75) is 32.2 Å². The molecule has 1 heterocycles. The Morgan fingerprint density at radius 2 is 2.29 bits per heavy atom. The van der Waals surface area contributed by atoms with Gasteiger partial charge in [0.2, 0.25) is 0 Å². The topological polar surface area (TPSA) is 91.0 Å². The molecule has 1 atom stereocenters. The summed E-state index contributed by atoms with van der Waals surface area (Å²) in [6, 6.07) is 4.70. The Labute approximate surface area is 128 Å². The van der Waals surface area contributed by atoms with Crippen molar-refractivity contribution in [2.24, 2.45) is 10.9 Å². The molecule has 0 spiro atoms. The number of likely N-dealkylation sites (tertiary alicyclic amines) is 1. The zero-order valence-corrected chi connectivity index (χ0v) is 12.6. The number of hydrogen-bond acceptors (Lipinski definition) is 3.